The number of hydrogen-bond acceptors (Lipinski definition) is 3. The van der Waals surface area contributed by atoms with Crippen LogP contribution in [-0.2, 0) is 9.59 Å². The number of rotatable bonds is 9. The molecule has 0 aliphatic carbocycles. The fourth-order valence-electron chi connectivity index (χ4n) is 1.72. The van der Waals surface area contributed by atoms with E-state index in [2.05, 4.69) is 0 Å². The molecule has 5 nitrogen and oxygen atoms in total. The summed E-state index contributed by atoms with van der Waals surface area (Å²) in [7, 11) is 0. The highest BCUT2D eigenvalue weighted by atomic mass is 16.4. The number of amides is 1. The Morgan fingerprint density at radius 1 is 1.18 bits per heavy atom. The van der Waals surface area contributed by atoms with E-state index in [0.717, 1.165) is 12.8 Å². The predicted octanol–water partition coefficient (Wildman–Crippen LogP) is 1.11. The van der Waals surface area contributed by atoms with Gasteiger partial charge in [0.2, 0.25) is 5.91 Å². The standard InChI is InChI=1S/C12H23NO4/c1-3-10(4-2)12(17)13(7-5-9-14)8-6-11(15)16/h10,14H,3-9H2,1-2H3,(H,15,16). The number of aliphatic hydroxyl groups is 1. The van der Waals surface area contributed by atoms with Crippen LogP contribution in [0.15, 0.2) is 0 Å². The van der Waals surface area contributed by atoms with Crippen LogP contribution in [0.2, 0.25) is 0 Å². The predicted molar refractivity (Wildman–Crippen MR) is 64.6 cm³/mol. The molecule has 0 heterocycles. The van der Waals surface area contributed by atoms with E-state index in [-0.39, 0.29) is 31.4 Å². The summed E-state index contributed by atoms with van der Waals surface area (Å²) in [4.78, 5) is 24.2. The molecule has 0 aromatic heterocycles. The highest BCUT2D eigenvalue weighted by Crippen LogP contribution is 2.12. The van der Waals surface area contributed by atoms with Gasteiger partial charge < -0.3 is 15.1 Å². The summed E-state index contributed by atoms with van der Waals surface area (Å²) in [5.74, 6) is -0.941. The van der Waals surface area contributed by atoms with Crippen LogP contribution in [0.5, 0.6) is 0 Å². The molecule has 2 N–H and O–H groups in total. The molecule has 0 atom stereocenters. The lowest BCUT2D eigenvalue weighted by molar-refractivity contribution is -0.140. The topological polar surface area (TPSA) is 77.8 Å². The molecular formula is C12H23NO4. The second-order valence-corrected chi connectivity index (χ2v) is 4.06. The van der Waals surface area contributed by atoms with Crippen molar-refractivity contribution in [2.75, 3.05) is 19.7 Å². The molecule has 0 rings (SSSR count). The first-order chi connectivity index (χ1) is 8.06. The molecule has 17 heavy (non-hydrogen) atoms. The van der Waals surface area contributed by atoms with Crippen LogP contribution in [0.4, 0.5) is 0 Å². The number of aliphatic carboxylic acids is 1. The lowest BCUT2D eigenvalue weighted by atomic mass is 10.0. The molecule has 0 unspecified atom stereocenters. The van der Waals surface area contributed by atoms with Crippen molar-refractivity contribution in [2.24, 2.45) is 5.92 Å². The van der Waals surface area contributed by atoms with Gasteiger partial charge in [0.05, 0.1) is 6.42 Å². The average molecular weight is 245 g/mol. The van der Waals surface area contributed by atoms with Crippen LogP contribution < -0.4 is 0 Å². The third-order valence-corrected chi connectivity index (χ3v) is 2.83. The molecule has 0 saturated heterocycles. The van der Waals surface area contributed by atoms with Gasteiger partial charge in [-0.05, 0) is 19.3 Å². The van der Waals surface area contributed by atoms with E-state index < -0.39 is 5.97 Å². The smallest absolute Gasteiger partial charge is 0.305 e. The van der Waals surface area contributed by atoms with Crippen molar-refractivity contribution in [1.82, 2.24) is 4.90 Å². The second kappa shape index (κ2) is 8.98. The minimum atomic E-state index is -0.906. The molecular weight excluding hydrogens is 222 g/mol. The molecule has 0 aromatic carbocycles. The Morgan fingerprint density at radius 2 is 1.76 bits per heavy atom. The summed E-state index contributed by atoms with van der Waals surface area (Å²) >= 11 is 0. The summed E-state index contributed by atoms with van der Waals surface area (Å²) in [6.45, 7) is 4.57. The van der Waals surface area contributed by atoms with Crippen molar-refractivity contribution in [3.8, 4) is 0 Å². The number of hydrogen-bond donors (Lipinski definition) is 2. The number of carbonyl (C=O) groups excluding carboxylic acids is 1. The quantitative estimate of drug-likeness (QED) is 0.638. The zero-order valence-corrected chi connectivity index (χ0v) is 10.7. The fraction of sp³-hybridized carbons (Fsp3) is 0.833. The average Bonchev–Trinajstić information content (AvgIpc) is 2.30. The molecule has 0 bridgehead atoms. The third-order valence-electron chi connectivity index (χ3n) is 2.83. The number of aliphatic hydroxyl groups excluding tert-OH is 1. The van der Waals surface area contributed by atoms with Gasteiger partial charge >= 0.3 is 5.97 Å². The van der Waals surface area contributed by atoms with Crippen LogP contribution >= 0.6 is 0 Å². The largest absolute Gasteiger partial charge is 0.481 e. The molecule has 0 aliphatic rings. The maximum absolute atomic E-state index is 12.1. The van der Waals surface area contributed by atoms with Gasteiger partial charge in [0, 0.05) is 25.6 Å². The van der Waals surface area contributed by atoms with Crippen LogP contribution in [-0.4, -0.2) is 46.7 Å². The van der Waals surface area contributed by atoms with Gasteiger partial charge in [0.1, 0.15) is 0 Å². The Hall–Kier alpha value is -1.10. The van der Waals surface area contributed by atoms with Crippen molar-refractivity contribution >= 4 is 11.9 Å². The van der Waals surface area contributed by atoms with Crippen LogP contribution in [0.25, 0.3) is 0 Å². The van der Waals surface area contributed by atoms with E-state index in [1.54, 1.807) is 4.90 Å². The zero-order valence-electron chi connectivity index (χ0n) is 10.7. The Balaban J connectivity index is 4.42. The van der Waals surface area contributed by atoms with E-state index in [0.29, 0.717) is 13.0 Å². The minimum Gasteiger partial charge on any atom is -0.481 e. The maximum atomic E-state index is 12.1. The van der Waals surface area contributed by atoms with Crippen LogP contribution in [0.1, 0.15) is 39.5 Å². The summed E-state index contributed by atoms with van der Waals surface area (Å²) < 4.78 is 0. The van der Waals surface area contributed by atoms with Gasteiger partial charge in [0.15, 0.2) is 0 Å². The van der Waals surface area contributed by atoms with Gasteiger partial charge in [0.25, 0.3) is 0 Å². The highest BCUT2D eigenvalue weighted by molar-refractivity contribution is 5.79. The van der Waals surface area contributed by atoms with Crippen molar-refractivity contribution < 1.29 is 19.8 Å². The van der Waals surface area contributed by atoms with Crippen LogP contribution in [0.3, 0.4) is 0 Å². The SMILES string of the molecule is CCC(CC)C(=O)N(CCCO)CCC(=O)O. The normalized spacial score (nSPS) is 10.6. The Labute approximate surface area is 102 Å². The maximum Gasteiger partial charge on any atom is 0.305 e. The lowest BCUT2D eigenvalue weighted by Crippen LogP contribution is -2.38. The molecule has 5 heteroatoms. The molecule has 0 radical (unpaired) electrons. The van der Waals surface area contributed by atoms with Crippen molar-refractivity contribution in [1.29, 1.82) is 0 Å². The molecule has 0 saturated carbocycles. The first-order valence-corrected chi connectivity index (χ1v) is 6.18. The van der Waals surface area contributed by atoms with E-state index in [9.17, 15) is 9.59 Å². The van der Waals surface area contributed by atoms with Crippen LogP contribution in [0, 0.1) is 5.92 Å². The molecule has 0 aliphatic heterocycles. The van der Waals surface area contributed by atoms with E-state index in [4.69, 9.17) is 10.2 Å². The lowest BCUT2D eigenvalue weighted by Gasteiger charge is -2.25. The number of carbonyl (C=O) groups is 2. The fourth-order valence-corrected chi connectivity index (χ4v) is 1.72. The van der Waals surface area contributed by atoms with Gasteiger partial charge in [-0.15, -0.1) is 0 Å². The number of carboxylic acid groups (broad SMARTS) is 1. The summed E-state index contributed by atoms with van der Waals surface area (Å²) in [6.07, 6.45) is 1.97. The Morgan fingerprint density at radius 3 is 2.18 bits per heavy atom. The van der Waals surface area contributed by atoms with Crippen molar-refractivity contribution in [2.45, 2.75) is 39.5 Å². The molecule has 0 aromatic rings. The van der Waals surface area contributed by atoms with Gasteiger partial charge in [-0.25, -0.2) is 0 Å². The highest BCUT2D eigenvalue weighted by Gasteiger charge is 2.21. The van der Waals surface area contributed by atoms with E-state index >= 15 is 0 Å². The molecule has 0 spiro atoms. The molecule has 0 fully saturated rings. The number of nitrogens with zero attached hydrogens (tertiary/aromatic N) is 1. The third kappa shape index (κ3) is 6.26. The monoisotopic (exact) mass is 245 g/mol. The van der Waals surface area contributed by atoms with Gasteiger partial charge in [-0.2, -0.15) is 0 Å². The Kier molecular flexibility index (Phi) is 8.40. The van der Waals surface area contributed by atoms with E-state index in [1.807, 2.05) is 13.8 Å². The van der Waals surface area contributed by atoms with Crippen molar-refractivity contribution in [3.05, 3.63) is 0 Å². The Bertz CT molecular complexity index is 239. The van der Waals surface area contributed by atoms with Crippen molar-refractivity contribution in [3.63, 3.8) is 0 Å². The van der Waals surface area contributed by atoms with Gasteiger partial charge in [-0.1, -0.05) is 13.8 Å². The summed E-state index contributed by atoms with van der Waals surface area (Å²) in [5, 5.41) is 17.4. The second-order valence-electron chi connectivity index (χ2n) is 4.06. The first kappa shape index (κ1) is 15.9. The molecule has 1 amide bonds. The first-order valence-electron chi connectivity index (χ1n) is 6.18. The molecule has 100 valence electrons. The summed E-state index contributed by atoms with van der Waals surface area (Å²) in [5.41, 5.74) is 0. The number of carboxylic acids is 1. The zero-order chi connectivity index (χ0) is 13.3. The minimum absolute atomic E-state index is 0.00435. The van der Waals surface area contributed by atoms with Gasteiger partial charge in [-0.3, -0.25) is 9.59 Å². The summed E-state index contributed by atoms with van der Waals surface area (Å²) in [6, 6.07) is 0. The van der Waals surface area contributed by atoms with E-state index in [1.165, 1.54) is 0 Å².